The molecule has 18 heavy (non-hydrogen) atoms. The maximum absolute atomic E-state index is 11.8. The minimum absolute atomic E-state index is 0.0841. The van der Waals surface area contributed by atoms with Crippen molar-refractivity contribution in [2.45, 2.75) is 25.4 Å². The van der Waals surface area contributed by atoms with E-state index in [2.05, 4.69) is 5.32 Å². The molecule has 0 heterocycles. The van der Waals surface area contributed by atoms with Gasteiger partial charge in [0.1, 0.15) is 5.75 Å². The molecule has 4 nitrogen and oxygen atoms in total. The Morgan fingerprint density at radius 2 is 2.22 bits per heavy atom. The van der Waals surface area contributed by atoms with Crippen LogP contribution < -0.4 is 10.1 Å². The van der Waals surface area contributed by atoms with Crippen LogP contribution in [0.5, 0.6) is 5.75 Å². The van der Waals surface area contributed by atoms with Crippen LogP contribution in [-0.2, 0) is 11.2 Å². The summed E-state index contributed by atoms with van der Waals surface area (Å²) in [5.74, 6) is 1.02. The third-order valence-corrected chi connectivity index (χ3v) is 3.22. The molecule has 1 unspecified atom stereocenters. The van der Waals surface area contributed by atoms with Crippen LogP contribution in [0.15, 0.2) is 24.3 Å². The lowest BCUT2D eigenvalue weighted by atomic mass is 10.1. The number of benzene rings is 1. The SMILES string of the molecule is COc1ccccc1CC(=O)NCC(O)C1CC1. The summed E-state index contributed by atoms with van der Waals surface area (Å²) >= 11 is 0. The molecule has 1 saturated carbocycles. The normalized spacial score (nSPS) is 16.1. The molecule has 1 amide bonds. The summed E-state index contributed by atoms with van der Waals surface area (Å²) in [7, 11) is 1.59. The van der Waals surface area contributed by atoms with Crippen LogP contribution in [0.4, 0.5) is 0 Å². The van der Waals surface area contributed by atoms with Gasteiger partial charge < -0.3 is 15.2 Å². The molecular weight excluding hydrogens is 230 g/mol. The van der Waals surface area contributed by atoms with Gasteiger partial charge in [0, 0.05) is 12.1 Å². The molecule has 1 aliphatic rings. The maximum atomic E-state index is 11.8. The fraction of sp³-hybridized carbons (Fsp3) is 0.500. The Balaban J connectivity index is 1.82. The topological polar surface area (TPSA) is 58.6 Å². The minimum atomic E-state index is -0.397. The van der Waals surface area contributed by atoms with Gasteiger partial charge in [-0.1, -0.05) is 18.2 Å². The van der Waals surface area contributed by atoms with E-state index in [1.54, 1.807) is 7.11 Å². The van der Waals surface area contributed by atoms with E-state index in [9.17, 15) is 9.90 Å². The van der Waals surface area contributed by atoms with Gasteiger partial charge in [-0.25, -0.2) is 0 Å². The van der Waals surface area contributed by atoms with Gasteiger partial charge in [0.2, 0.25) is 5.91 Å². The van der Waals surface area contributed by atoms with Crippen molar-refractivity contribution in [3.05, 3.63) is 29.8 Å². The van der Waals surface area contributed by atoms with Crippen LogP contribution in [-0.4, -0.2) is 30.8 Å². The largest absolute Gasteiger partial charge is 0.496 e. The number of carbonyl (C=O) groups excluding carboxylic acids is 1. The van der Waals surface area contributed by atoms with E-state index >= 15 is 0 Å². The van der Waals surface area contributed by atoms with Crippen LogP contribution in [0.25, 0.3) is 0 Å². The molecule has 98 valence electrons. The Labute approximate surface area is 107 Å². The van der Waals surface area contributed by atoms with E-state index < -0.39 is 6.10 Å². The first-order valence-electron chi connectivity index (χ1n) is 6.27. The summed E-state index contributed by atoms with van der Waals surface area (Å²) in [6.07, 6.45) is 2.03. The summed E-state index contributed by atoms with van der Waals surface area (Å²) in [4.78, 5) is 11.8. The number of nitrogens with one attached hydrogen (secondary N) is 1. The molecule has 1 atom stereocenters. The molecule has 4 heteroatoms. The Morgan fingerprint density at radius 1 is 1.50 bits per heavy atom. The first-order valence-corrected chi connectivity index (χ1v) is 6.27. The Bertz CT molecular complexity index is 415. The van der Waals surface area contributed by atoms with E-state index in [0.717, 1.165) is 24.2 Å². The second-order valence-corrected chi connectivity index (χ2v) is 4.70. The molecule has 0 saturated heterocycles. The number of carbonyl (C=O) groups is 1. The van der Waals surface area contributed by atoms with E-state index in [-0.39, 0.29) is 12.3 Å². The zero-order chi connectivity index (χ0) is 13.0. The zero-order valence-corrected chi connectivity index (χ0v) is 10.6. The van der Waals surface area contributed by atoms with Crippen molar-refractivity contribution in [1.29, 1.82) is 0 Å². The predicted molar refractivity (Wildman–Crippen MR) is 68.4 cm³/mol. The number of rotatable bonds is 6. The van der Waals surface area contributed by atoms with Gasteiger partial charge in [0.25, 0.3) is 0 Å². The van der Waals surface area contributed by atoms with Gasteiger partial charge in [-0.2, -0.15) is 0 Å². The highest BCUT2D eigenvalue weighted by Crippen LogP contribution is 2.32. The van der Waals surface area contributed by atoms with Crippen molar-refractivity contribution >= 4 is 5.91 Å². The van der Waals surface area contributed by atoms with Crippen molar-refractivity contribution in [3.8, 4) is 5.75 Å². The van der Waals surface area contributed by atoms with Crippen molar-refractivity contribution < 1.29 is 14.6 Å². The van der Waals surface area contributed by atoms with Crippen LogP contribution in [0.3, 0.4) is 0 Å². The van der Waals surface area contributed by atoms with Crippen molar-refractivity contribution in [1.82, 2.24) is 5.32 Å². The Hall–Kier alpha value is -1.55. The van der Waals surface area contributed by atoms with Crippen LogP contribution in [0.2, 0.25) is 0 Å². The summed E-state index contributed by atoms with van der Waals surface area (Å²) in [6, 6.07) is 7.46. The van der Waals surface area contributed by atoms with Crippen molar-refractivity contribution in [3.63, 3.8) is 0 Å². The molecule has 0 aliphatic heterocycles. The van der Waals surface area contributed by atoms with Gasteiger partial charge in [-0.3, -0.25) is 4.79 Å². The number of hydrogen-bond donors (Lipinski definition) is 2. The molecule has 1 aromatic carbocycles. The van der Waals surface area contributed by atoms with Crippen molar-refractivity contribution in [2.75, 3.05) is 13.7 Å². The van der Waals surface area contributed by atoms with E-state index in [0.29, 0.717) is 12.5 Å². The van der Waals surface area contributed by atoms with Crippen LogP contribution in [0, 0.1) is 5.92 Å². The number of aliphatic hydroxyl groups excluding tert-OH is 1. The highest BCUT2D eigenvalue weighted by molar-refractivity contribution is 5.79. The third-order valence-electron chi connectivity index (χ3n) is 3.22. The fourth-order valence-corrected chi connectivity index (χ4v) is 1.95. The second-order valence-electron chi connectivity index (χ2n) is 4.70. The van der Waals surface area contributed by atoms with Crippen LogP contribution >= 0.6 is 0 Å². The third kappa shape index (κ3) is 3.47. The predicted octanol–water partition coefficient (Wildman–Crippen LogP) is 1.12. The first-order chi connectivity index (χ1) is 8.70. The number of methoxy groups -OCH3 is 1. The lowest BCUT2D eigenvalue weighted by Gasteiger charge is -2.11. The van der Waals surface area contributed by atoms with Gasteiger partial charge in [-0.05, 0) is 24.8 Å². The molecule has 1 fully saturated rings. The molecule has 1 aliphatic carbocycles. The number of ether oxygens (including phenoxy) is 1. The summed E-state index contributed by atoms with van der Waals surface area (Å²) in [6.45, 7) is 0.346. The summed E-state index contributed by atoms with van der Waals surface area (Å²) in [5, 5.41) is 12.4. The molecular formula is C14H19NO3. The van der Waals surface area contributed by atoms with E-state index in [1.165, 1.54) is 0 Å². The maximum Gasteiger partial charge on any atom is 0.224 e. The van der Waals surface area contributed by atoms with Gasteiger partial charge in [0.15, 0.2) is 0 Å². The highest BCUT2D eigenvalue weighted by atomic mass is 16.5. The molecule has 2 N–H and O–H groups in total. The monoisotopic (exact) mass is 249 g/mol. The van der Waals surface area contributed by atoms with Crippen molar-refractivity contribution in [2.24, 2.45) is 5.92 Å². The van der Waals surface area contributed by atoms with E-state index in [1.807, 2.05) is 24.3 Å². The lowest BCUT2D eigenvalue weighted by Crippen LogP contribution is -2.34. The fourth-order valence-electron chi connectivity index (χ4n) is 1.95. The first kappa shape index (κ1) is 12.9. The highest BCUT2D eigenvalue weighted by Gasteiger charge is 2.29. The molecule has 1 aromatic rings. The average molecular weight is 249 g/mol. The van der Waals surface area contributed by atoms with E-state index in [4.69, 9.17) is 4.74 Å². The zero-order valence-electron chi connectivity index (χ0n) is 10.6. The van der Waals surface area contributed by atoms with Crippen LogP contribution in [0.1, 0.15) is 18.4 Å². The molecule has 2 rings (SSSR count). The average Bonchev–Trinajstić information content (AvgIpc) is 3.21. The number of amides is 1. The van der Waals surface area contributed by atoms with Gasteiger partial charge in [0.05, 0.1) is 19.6 Å². The summed E-state index contributed by atoms with van der Waals surface area (Å²) in [5.41, 5.74) is 0.860. The number of hydrogen-bond acceptors (Lipinski definition) is 3. The smallest absolute Gasteiger partial charge is 0.224 e. The number of para-hydroxylation sites is 1. The van der Waals surface area contributed by atoms with Gasteiger partial charge >= 0.3 is 0 Å². The lowest BCUT2D eigenvalue weighted by molar-refractivity contribution is -0.121. The second kappa shape index (κ2) is 5.87. The quantitative estimate of drug-likeness (QED) is 0.794. The Kier molecular flexibility index (Phi) is 4.20. The molecule has 0 spiro atoms. The summed E-state index contributed by atoms with van der Waals surface area (Å²) < 4.78 is 5.19. The molecule has 0 bridgehead atoms. The Morgan fingerprint density at radius 3 is 2.89 bits per heavy atom. The minimum Gasteiger partial charge on any atom is -0.496 e. The van der Waals surface area contributed by atoms with Gasteiger partial charge in [-0.15, -0.1) is 0 Å². The molecule has 0 aromatic heterocycles. The standard InChI is InChI=1S/C14H19NO3/c1-18-13-5-3-2-4-11(13)8-14(17)15-9-12(16)10-6-7-10/h2-5,10,12,16H,6-9H2,1H3,(H,15,17). The number of aliphatic hydroxyl groups is 1. The molecule has 0 radical (unpaired) electrons.